The second-order valence-electron chi connectivity index (χ2n) is 4.60. The molecular formula is C14H22Cl2N4O. The molecule has 0 aliphatic heterocycles. The zero-order valence-corrected chi connectivity index (χ0v) is 13.9. The van der Waals surface area contributed by atoms with Gasteiger partial charge in [0.05, 0.1) is 17.6 Å². The summed E-state index contributed by atoms with van der Waals surface area (Å²) in [5, 5.41) is 5.66. The first-order valence-corrected chi connectivity index (χ1v) is 6.66. The SMILES string of the molecule is CCCCc1nc2ccc(NC(=O)CNC)cc2[nH]1.Cl.Cl. The Hall–Kier alpha value is -1.30. The highest BCUT2D eigenvalue weighted by Gasteiger charge is 2.05. The molecule has 0 atom stereocenters. The van der Waals surface area contributed by atoms with Crippen LogP contribution in [0.15, 0.2) is 18.2 Å². The highest BCUT2D eigenvalue weighted by molar-refractivity contribution is 5.94. The number of imidazole rings is 1. The van der Waals surface area contributed by atoms with Crippen LogP contribution >= 0.6 is 24.8 Å². The van der Waals surface area contributed by atoms with Crippen LogP contribution in [0, 0.1) is 0 Å². The van der Waals surface area contributed by atoms with Crippen LogP contribution in [0.4, 0.5) is 5.69 Å². The zero-order valence-electron chi connectivity index (χ0n) is 12.2. The number of aryl methyl sites for hydroxylation is 1. The number of benzene rings is 1. The number of aromatic amines is 1. The summed E-state index contributed by atoms with van der Waals surface area (Å²) in [5.74, 6) is 0.961. The number of hydrogen-bond acceptors (Lipinski definition) is 3. The Bertz CT molecular complexity index is 571. The van der Waals surface area contributed by atoms with Crippen LogP contribution in [0.1, 0.15) is 25.6 Å². The first kappa shape index (κ1) is 19.7. The second kappa shape index (κ2) is 9.60. The van der Waals surface area contributed by atoms with E-state index >= 15 is 0 Å². The van der Waals surface area contributed by atoms with Crippen molar-refractivity contribution in [1.82, 2.24) is 15.3 Å². The van der Waals surface area contributed by atoms with Gasteiger partial charge < -0.3 is 15.6 Å². The second-order valence-corrected chi connectivity index (χ2v) is 4.60. The van der Waals surface area contributed by atoms with Crippen molar-refractivity contribution < 1.29 is 4.79 Å². The Morgan fingerprint density at radius 2 is 2.10 bits per heavy atom. The summed E-state index contributed by atoms with van der Waals surface area (Å²) >= 11 is 0. The summed E-state index contributed by atoms with van der Waals surface area (Å²) in [6.07, 6.45) is 3.25. The number of carbonyl (C=O) groups excluding carboxylic acids is 1. The van der Waals surface area contributed by atoms with Crippen molar-refractivity contribution >= 4 is 47.4 Å². The number of hydrogen-bond donors (Lipinski definition) is 3. The minimum Gasteiger partial charge on any atom is -0.342 e. The smallest absolute Gasteiger partial charge is 0.238 e. The molecule has 5 nitrogen and oxygen atoms in total. The Morgan fingerprint density at radius 3 is 2.76 bits per heavy atom. The molecule has 118 valence electrons. The normalized spacial score (nSPS) is 9.81. The maximum atomic E-state index is 11.5. The predicted molar refractivity (Wildman–Crippen MR) is 91.8 cm³/mol. The lowest BCUT2D eigenvalue weighted by molar-refractivity contribution is -0.115. The van der Waals surface area contributed by atoms with Crippen molar-refractivity contribution in [3.05, 3.63) is 24.0 Å². The minimum atomic E-state index is -0.0485. The third-order valence-corrected chi connectivity index (χ3v) is 2.92. The standard InChI is InChI=1S/C14H20N4O.2ClH/c1-3-4-5-13-17-11-7-6-10(8-12(11)18-13)16-14(19)9-15-2;;/h6-8,15H,3-5,9H2,1-2H3,(H,16,19)(H,17,18);2*1H. The number of nitrogens with zero attached hydrogens (tertiary/aromatic N) is 1. The van der Waals surface area contributed by atoms with E-state index in [-0.39, 0.29) is 30.7 Å². The molecule has 21 heavy (non-hydrogen) atoms. The summed E-state index contributed by atoms with van der Waals surface area (Å²) < 4.78 is 0. The topological polar surface area (TPSA) is 69.8 Å². The molecule has 0 bridgehead atoms. The van der Waals surface area contributed by atoms with Gasteiger partial charge in [0.15, 0.2) is 0 Å². The van der Waals surface area contributed by atoms with E-state index in [2.05, 4.69) is 27.5 Å². The predicted octanol–water partition coefficient (Wildman–Crippen LogP) is 2.91. The number of anilines is 1. The average Bonchev–Trinajstić information content (AvgIpc) is 2.78. The number of rotatable bonds is 6. The van der Waals surface area contributed by atoms with Crippen LogP contribution in [0.25, 0.3) is 11.0 Å². The molecule has 0 aliphatic carbocycles. The van der Waals surface area contributed by atoms with Crippen molar-refractivity contribution in [1.29, 1.82) is 0 Å². The molecule has 7 heteroatoms. The van der Waals surface area contributed by atoms with Crippen molar-refractivity contribution in [3.63, 3.8) is 0 Å². The van der Waals surface area contributed by atoms with Gasteiger partial charge in [-0.25, -0.2) is 4.98 Å². The monoisotopic (exact) mass is 332 g/mol. The van der Waals surface area contributed by atoms with Crippen molar-refractivity contribution in [3.8, 4) is 0 Å². The Kier molecular flexibility index (Phi) is 9.01. The first-order valence-electron chi connectivity index (χ1n) is 6.66. The molecule has 1 heterocycles. The van der Waals surface area contributed by atoms with Gasteiger partial charge in [0.25, 0.3) is 0 Å². The summed E-state index contributed by atoms with van der Waals surface area (Å²) in [5.41, 5.74) is 2.70. The fraction of sp³-hybridized carbons (Fsp3) is 0.429. The maximum absolute atomic E-state index is 11.5. The fourth-order valence-corrected chi connectivity index (χ4v) is 1.97. The number of unbranched alkanes of at least 4 members (excludes halogenated alkanes) is 1. The molecule has 0 fully saturated rings. The molecular weight excluding hydrogens is 311 g/mol. The van der Waals surface area contributed by atoms with Crippen molar-refractivity contribution in [2.24, 2.45) is 0 Å². The zero-order chi connectivity index (χ0) is 13.7. The van der Waals surface area contributed by atoms with E-state index in [9.17, 15) is 4.79 Å². The molecule has 2 rings (SSSR count). The van der Waals surface area contributed by atoms with Crippen LogP contribution in [-0.2, 0) is 11.2 Å². The molecule has 0 spiro atoms. The van der Waals surface area contributed by atoms with Crippen LogP contribution in [0.2, 0.25) is 0 Å². The summed E-state index contributed by atoms with van der Waals surface area (Å²) in [7, 11) is 1.75. The van der Waals surface area contributed by atoms with E-state index in [1.165, 1.54) is 0 Å². The maximum Gasteiger partial charge on any atom is 0.238 e. The third-order valence-electron chi connectivity index (χ3n) is 2.92. The quantitative estimate of drug-likeness (QED) is 0.761. The third kappa shape index (κ3) is 5.53. The number of fused-ring (bicyclic) bond motifs is 1. The van der Waals surface area contributed by atoms with Crippen molar-refractivity contribution in [2.45, 2.75) is 26.2 Å². The summed E-state index contributed by atoms with van der Waals surface area (Å²) in [4.78, 5) is 19.3. The molecule has 0 aliphatic rings. The number of carbonyl (C=O) groups is 1. The van der Waals surface area contributed by atoms with E-state index in [0.717, 1.165) is 41.8 Å². The summed E-state index contributed by atoms with van der Waals surface area (Å²) in [6.45, 7) is 2.47. The van der Waals surface area contributed by atoms with E-state index in [1.807, 2.05) is 18.2 Å². The van der Waals surface area contributed by atoms with Crippen LogP contribution in [0.5, 0.6) is 0 Å². The van der Waals surface area contributed by atoms with E-state index in [1.54, 1.807) is 7.05 Å². The van der Waals surface area contributed by atoms with Crippen LogP contribution in [-0.4, -0.2) is 29.5 Å². The van der Waals surface area contributed by atoms with Crippen LogP contribution in [0.3, 0.4) is 0 Å². The Balaban J connectivity index is 0.00000200. The first-order chi connectivity index (χ1) is 9.22. The molecule has 0 unspecified atom stereocenters. The molecule has 2 aromatic rings. The van der Waals surface area contributed by atoms with Gasteiger partial charge in [-0.15, -0.1) is 24.8 Å². The number of aromatic nitrogens is 2. The molecule has 0 saturated heterocycles. The van der Waals surface area contributed by atoms with E-state index in [4.69, 9.17) is 0 Å². The highest BCUT2D eigenvalue weighted by Crippen LogP contribution is 2.18. The lowest BCUT2D eigenvalue weighted by Crippen LogP contribution is -2.24. The lowest BCUT2D eigenvalue weighted by atomic mass is 10.2. The molecule has 3 N–H and O–H groups in total. The number of likely N-dealkylation sites (N-methyl/N-ethyl adjacent to an activating group) is 1. The number of halogens is 2. The number of nitrogens with one attached hydrogen (secondary N) is 3. The lowest BCUT2D eigenvalue weighted by Gasteiger charge is -2.03. The Morgan fingerprint density at radius 1 is 1.33 bits per heavy atom. The molecule has 1 amide bonds. The van der Waals surface area contributed by atoms with Gasteiger partial charge in [-0.1, -0.05) is 13.3 Å². The fourth-order valence-electron chi connectivity index (χ4n) is 1.97. The van der Waals surface area contributed by atoms with E-state index in [0.29, 0.717) is 6.54 Å². The average molecular weight is 333 g/mol. The molecule has 0 radical (unpaired) electrons. The highest BCUT2D eigenvalue weighted by atomic mass is 35.5. The van der Waals surface area contributed by atoms with Gasteiger partial charge >= 0.3 is 0 Å². The largest absolute Gasteiger partial charge is 0.342 e. The van der Waals surface area contributed by atoms with Gasteiger partial charge in [-0.3, -0.25) is 4.79 Å². The molecule has 1 aromatic heterocycles. The van der Waals surface area contributed by atoms with Gasteiger partial charge in [0.2, 0.25) is 5.91 Å². The number of H-pyrrole nitrogens is 1. The van der Waals surface area contributed by atoms with Gasteiger partial charge in [-0.05, 0) is 31.7 Å². The minimum absolute atomic E-state index is 0. The molecule has 0 saturated carbocycles. The van der Waals surface area contributed by atoms with Crippen LogP contribution < -0.4 is 10.6 Å². The van der Waals surface area contributed by atoms with Gasteiger partial charge in [0.1, 0.15) is 5.82 Å². The van der Waals surface area contributed by atoms with Gasteiger partial charge in [-0.2, -0.15) is 0 Å². The number of amides is 1. The van der Waals surface area contributed by atoms with Gasteiger partial charge in [0, 0.05) is 12.1 Å². The van der Waals surface area contributed by atoms with Crippen molar-refractivity contribution in [2.75, 3.05) is 18.9 Å². The van der Waals surface area contributed by atoms with E-state index < -0.39 is 0 Å². The summed E-state index contributed by atoms with van der Waals surface area (Å²) in [6, 6.07) is 5.72. The molecule has 1 aromatic carbocycles. The Labute approximate surface area is 137 Å².